The van der Waals surface area contributed by atoms with Gasteiger partial charge in [-0.2, -0.15) is 0 Å². The molecule has 7 nitrogen and oxygen atoms in total. The maximum absolute atomic E-state index is 12.5. The molecule has 124 valence electrons. The molecule has 1 aromatic rings. The fraction of sp³-hybridized carbons (Fsp3) is 0.438. The van der Waals surface area contributed by atoms with Gasteiger partial charge in [0.2, 0.25) is 5.71 Å². The van der Waals surface area contributed by atoms with Crippen LogP contribution in [0.4, 0.5) is 0 Å². The van der Waals surface area contributed by atoms with Crippen LogP contribution in [-0.4, -0.2) is 41.4 Å². The number of rotatable bonds is 5. The van der Waals surface area contributed by atoms with Crippen molar-refractivity contribution in [1.82, 2.24) is 0 Å². The van der Waals surface area contributed by atoms with E-state index in [0.29, 0.717) is 5.56 Å². The second-order valence-corrected chi connectivity index (χ2v) is 5.01. The van der Waals surface area contributed by atoms with Crippen molar-refractivity contribution in [3.63, 3.8) is 0 Å². The van der Waals surface area contributed by atoms with E-state index in [1.807, 2.05) is 0 Å². The highest BCUT2D eigenvalue weighted by atomic mass is 16.9. The first kappa shape index (κ1) is 16.8. The Kier molecular flexibility index (Phi) is 4.88. The van der Waals surface area contributed by atoms with Gasteiger partial charge in [0.25, 0.3) is 5.60 Å². The van der Waals surface area contributed by atoms with E-state index in [4.69, 9.17) is 14.3 Å². The summed E-state index contributed by atoms with van der Waals surface area (Å²) in [5.41, 5.74) is -1.40. The third kappa shape index (κ3) is 2.74. The van der Waals surface area contributed by atoms with Crippen LogP contribution in [0.15, 0.2) is 30.3 Å². The zero-order valence-electron chi connectivity index (χ0n) is 13.3. The molecule has 1 atom stereocenters. The number of carbonyl (C=O) groups excluding carboxylic acids is 2. The highest BCUT2D eigenvalue weighted by Gasteiger charge is 2.63. The zero-order valence-corrected chi connectivity index (χ0v) is 13.3. The summed E-state index contributed by atoms with van der Waals surface area (Å²) >= 11 is 0. The number of benzene rings is 1. The average molecular weight is 321 g/mol. The van der Waals surface area contributed by atoms with Crippen molar-refractivity contribution in [3.8, 4) is 0 Å². The Morgan fingerprint density at radius 1 is 1.17 bits per heavy atom. The molecule has 0 saturated heterocycles. The second kappa shape index (κ2) is 6.68. The lowest BCUT2D eigenvalue weighted by Crippen LogP contribution is -2.54. The first-order valence-corrected chi connectivity index (χ1v) is 7.38. The van der Waals surface area contributed by atoms with Gasteiger partial charge in [-0.15, -0.1) is 0 Å². The van der Waals surface area contributed by atoms with Crippen molar-refractivity contribution in [3.05, 3.63) is 41.1 Å². The van der Waals surface area contributed by atoms with Crippen molar-refractivity contribution in [2.24, 2.45) is 0 Å². The Bertz CT molecular complexity index is 607. The molecule has 1 aromatic carbocycles. The summed E-state index contributed by atoms with van der Waals surface area (Å²) in [5, 5.41) is 12.0. The van der Waals surface area contributed by atoms with Gasteiger partial charge in [-0.25, -0.2) is 9.59 Å². The molecule has 0 aliphatic carbocycles. The van der Waals surface area contributed by atoms with Crippen molar-refractivity contribution in [1.29, 1.82) is 0 Å². The van der Waals surface area contributed by atoms with Crippen LogP contribution in [-0.2, 0) is 23.9 Å². The highest BCUT2D eigenvalue weighted by molar-refractivity contribution is 6.11. The molecule has 1 aliphatic heterocycles. The van der Waals surface area contributed by atoms with Gasteiger partial charge < -0.3 is 14.3 Å². The smallest absolute Gasteiger partial charge is 0.341 e. The van der Waals surface area contributed by atoms with Gasteiger partial charge in [0.1, 0.15) is 5.92 Å². The van der Waals surface area contributed by atoms with Crippen LogP contribution in [0, 0.1) is 5.21 Å². The fourth-order valence-electron chi connectivity index (χ4n) is 2.65. The molecule has 7 heteroatoms. The molecule has 0 amide bonds. The minimum Gasteiger partial charge on any atom is -0.464 e. The molecule has 0 N–H and O–H groups in total. The van der Waals surface area contributed by atoms with Crippen LogP contribution in [0.2, 0.25) is 0 Å². The van der Waals surface area contributed by atoms with E-state index < -0.39 is 23.5 Å². The molecule has 0 bridgehead atoms. The molecule has 1 unspecified atom stereocenters. The molecule has 1 aliphatic rings. The Balaban J connectivity index is 2.59. The van der Waals surface area contributed by atoms with Gasteiger partial charge in [-0.3, -0.25) is 5.21 Å². The summed E-state index contributed by atoms with van der Waals surface area (Å²) in [5.74, 6) is -2.80. The van der Waals surface area contributed by atoms with Crippen molar-refractivity contribution >= 4 is 17.7 Å². The van der Waals surface area contributed by atoms with Crippen LogP contribution in [0.5, 0.6) is 0 Å². The number of hydrogen-bond acceptors (Lipinski definition) is 6. The molecule has 0 aromatic heterocycles. The zero-order chi connectivity index (χ0) is 17.0. The van der Waals surface area contributed by atoms with E-state index in [9.17, 15) is 14.8 Å². The lowest BCUT2D eigenvalue weighted by molar-refractivity contribution is -0.744. The van der Waals surface area contributed by atoms with Crippen LogP contribution in [0.25, 0.3) is 0 Å². The first-order valence-electron chi connectivity index (χ1n) is 7.38. The SMILES string of the molecule is CCOC(=O)C1(C(=O)OCC)O[N+]([O-])=C(C)C1c1ccccc1. The van der Waals surface area contributed by atoms with Crippen LogP contribution < -0.4 is 0 Å². The molecule has 0 fully saturated rings. The Morgan fingerprint density at radius 2 is 1.70 bits per heavy atom. The molecule has 1 heterocycles. The summed E-state index contributed by atoms with van der Waals surface area (Å²) in [6, 6.07) is 8.71. The van der Waals surface area contributed by atoms with Gasteiger partial charge >= 0.3 is 11.9 Å². The van der Waals surface area contributed by atoms with E-state index in [2.05, 4.69) is 0 Å². The maximum atomic E-state index is 12.5. The van der Waals surface area contributed by atoms with E-state index in [0.717, 1.165) is 0 Å². The molecule has 2 rings (SSSR count). The molecule has 0 spiro atoms. The van der Waals surface area contributed by atoms with Crippen molar-refractivity contribution in [2.45, 2.75) is 32.3 Å². The van der Waals surface area contributed by atoms with E-state index in [1.54, 1.807) is 44.2 Å². The van der Waals surface area contributed by atoms with Crippen LogP contribution in [0.1, 0.15) is 32.3 Å². The molecule has 0 saturated carbocycles. The van der Waals surface area contributed by atoms with Crippen molar-refractivity contribution < 1.29 is 28.8 Å². The largest absolute Gasteiger partial charge is 0.464 e. The fourth-order valence-corrected chi connectivity index (χ4v) is 2.65. The van der Waals surface area contributed by atoms with E-state index in [1.165, 1.54) is 6.92 Å². The normalized spacial score (nSPS) is 19.2. The third-order valence-corrected chi connectivity index (χ3v) is 3.63. The summed E-state index contributed by atoms with van der Waals surface area (Å²) in [7, 11) is 0. The summed E-state index contributed by atoms with van der Waals surface area (Å²) < 4.78 is 10.0. The van der Waals surface area contributed by atoms with Gasteiger partial charge in [-0.05, 0) is 19.4 Å². The van der Waals surface area contributed by atoms with Gasteiger partial charge in [0.05, 0.1) is 13.2 Å². The predicted octanol–water partition coefficient (Wildman–Crippen LogP) is 1.55. The predicted molar refractivity (Wildman–Crippen MR) is 80.6 cm³/mol. The summed E-state index contributed by atoms with van der Waals surface area (Å²) in [6.07, 6.45) is 0. The van der Waals surface area contributed by atoms with Gasteiger partial charge in [0, 0.05) is 11.8 Å². The third-order valence-electron chi connectivity index (χ3n) is 3.63. The number of nitrogens with zero attached hydrogens (tertiary/aromatic N) is 1. The maximum Gasteiger partial charge on any atom is 0.341 e. The number of ether oxygens (including phenoxy) is 2. The highest BCUT2D eigenvalue weighted by Crippen LogP contribution is 2.40. The van der Waals surface area contributed by atoms with Crippen LogP contribution >= 0.6 is 0 Å². The minimum atomic E-state index is -2.17. The average Bonchev–Trinajstić information content (AvgIpc) is 2.81. The lowest BCUT2D eigenvalue weighted by atomic mass is 9.79. The number of hydrogen-bond donors (Lipinski definition) is 0. The van der Waals surface area contributed by atoms with Crippen molar-refractivity contribution in [2.75, 3.05) is 13.2 Å². The molecule has 0 radical (unpaired) electrons. The summed E-state index contributed by atoms with van der Waals surface area (Å²) in [6.45, 7) is 4.81. The Morgan fingerprint density at radius 3 is 2.17 bits per heavy atom. The summed E-state index contributed by atoms with van der Waals surface area (Å²) in [4.78, 5) is 30.4. The van der Waals surface area contributed by atoms with Crippen LogP contribution in [0.3, 0.4) is 0 Å². The standard InChI is InChI=1S/C16H19NO6/c1-4-21-14(18)16(15(19)22-5-2)13(11(3)17(20)23-16)12-9-7-6-8-10-12/h6-10,13H,4-5H2,1-3H3. The van der Waals surface area contributed by atoms with E-state index >= 15 is 0 Å². The van der Waals surface area contributed by atoms with Gasteiger partial charge in [0.15, 0.2) is 0 Å². The molecular weight excluding hydrogens is 302 g/mol. The van der Waals surface area contributed by atoms with Gasteiger partial charge in [-0.1, -0.05) is 30.3 Å². The first-order chi connectivity index (χ1) is 11.0. The number of carbonyl (C=O) groups is 2. The molecule has 23 heavy (non-hydrogen) atoms. The van der Waals surface area contributed by atoms with E-state index in [-0.39, 0.29) is 23.8 Å². The minimum absolute atomic E-state index is 0.0444. The Labute approximate surface area is 134 Å². The topological polar surface area (TPSA) is 87.9 Å². The monoisotopic (exact) mass is 321 g/mol. The molecular formula is C16H19NO6. The quantitative estimate of drug-likeness (QED) is 0.464. The lowest BCUT2D eigenvalue weighted by Gasteiger charge is -2.30. The number of esters is 2. The Hall–Kier alpha value is -2.57. The second-order valence-electron chi connectivity index (χ2n) is 5.01.